The zero-order valence-electron chi connectivity index (χ0n) is 12.3. The van der Waals surface area contributed by atoms with E-state index in [0.29, 0.717) is 0 Å². The van der Waals surface area contributed by atoms with Crippen LogP contribution in [0.2, 0.25) is 0 Å². The lowest BCUT2D eigenvalue weighted by Crippen LogP contribution is -2.10. The summed E-state index contributed by atoms with van der Waals surface area (Å²) in [6.07, 6.45) is 3.69. The fourth-order valence-electron chi connectivity index (χ4n) is 2.32. The maximum absolute atomic E-state index is 4.25. The van der Waals surface area contributed by atoms with Crippen molar-refractivity contribution in [2.24, 2.45) is 0 Å². The van der Waals surface area contributed by atoms with Gasteiger partial charge < -0.3 is 4.90 Å². The van der Waals surface area contributed by atoms with Crippen LogP contribution in [0.25, 0.3) is 0 Å². The van der Waals surface area contributed by atoms with Crippen molar-refractivity contribution in [3.63, 3.8) is 0 Å². The fraction of sp³-hybridized carbons (Fsp3) is 0.105. The summed E-state index contributed by atoms with van der Waals surface area (Å²) in [6.45, 7) is 4.20. The number of benzene rings is 2. The molecule has 0 atom stereocenters. The molecule has 2 heteroatoms. The average Bonchev–Trinajstić information content (AvgIpc) is 2.52. The van der Waals surface area contributed by atoms with Gasteiger partial charge >= 0.3 is 0 Å². The number of rotatable bonds is 3. The quantitative estimate of drug-likeness (QED) is 0.655. The highest BCUT2D eigenvalue weighted by molar-refractivity contribution is 5.76. The van der Waals surface area contributed by atoms with E-state index in [-0.39, 0.29) is 0 Å². The molecule has 3 rings (SSSR count). The first kappa shape index (κ1) is 13.4. The minimum atomic E-state index is 1.06. The molecule has 0 N–H and O–H groups in total. The van der Waals surface area contributed by atoms with E-state index in [2.05, 4.69) is 78.3 Å². The Morgan fingerprint density at radius 1 is 0.667 bits per heavy atom. The van der Waals surface area contributed by atoms with Gasteiger partial charge in [-0.3, -0.25) is 4.98 Å². The molecule has 21 heavy (non-hydrogen) atoms. The molecule has 0 unspecified atom stereocenters. The van der Waals surface area contributed by atoms with E-state index >= 15 is 0 Å². The third-order valence-corrected chi connectivity index (χ3v) is 3.49. The van der Waals surface area contributed by atoms with Crippen molar-refractivity contribution in [2.75, 3.05) is 4.90 Å². The molecule has 0 bridgehead atoms. The lowest BCUT2D eigenvalue weighted by molar-refractivity contribution is 1.22. The molecule has 1 heterocycles. The number of pyridine rings is 1. The highest BCUT2D eigenvalue weighted by atomic mass is 15.1. The SMILES string of the molecule is Cc1ccc(N(c2ccc(C)cc2)c2cccnc2)cc1. The van der Waals surface area contributed by atoms with E-state index in [4.69, 9.17) is 0 Å². The molecule has 0 fully saturated rings. The van der Waals surface area contributed by atoms with Gasteiger partial charge in [0.25, 0.3) is 0 Å². The Hall–Kier alpha value is -2.61. The topological polar surface area (TPSA) is 16.1 Å². The first-order valence-electron chi connectivity index (χ1n) is 7.07. The Morgan fingerprint density at radius 3 is 1.62 bits per heavy atom. The minimum absolute atomic E-state index is 1.06. The molecule has 0 saturated carbocycles. The van der Waals surface area contributed by atoms with Crippen molar-refractivity contribution in [3.8, 4) is 0 Å². The number of hydrogen-bond donors (Lipinski definition) is 0. The van der Waals surface area contributed by atoms with Gasteiger partial charge in [0.1, 0.15) is 0 Å². The summed E-state index contributed by atoms with van der Waals surface area (Å²) in [6, 6.07) is 21.1. The molecule has 0 radical (unpaired) electrons. The van der Waals surface area contributed by atoms with E-state index in [1.165, 1.54) is 11.1 Å². The molecular weight excluding hydrogens is 256 g/mol. The zero-order valence-corrected chi connectivity index (χ0v) is 12.3. The molecule has 0 amide bonds. The number of aromatic nitrogens is 1. The predicted octanol–water partition coefficient (Wildman–Crippen LogP) is 5.17. The Morgan fingerprint density at radius 2 is 1.19 bits per heavy atom. The molecule has 1 aromatic heterocycles. The van der Waals surface area contributed by atoms with E-state index in [1.807, 2.05) is 12.3 Å². The van der Waals surface area contributed by atoms with E-state index < -0.39 is 0 Å². The van der Waals surface area contributed by atoms with Crippen LogP contribution in [-0.2, 0) is 0 Å². The maximum atomic E-state index is 4.25. The summed E-state index contributed by atoms with van der Waals surface area (Å²) in [7, 11) is 0. The molecule has 2 aromatic carbocycles. The monoisotopic (exact) mass is 274 g/mol. The van der Waals surface area contributed by atoms with Crippen LogP contribution in [0.3, 0.4) is 0 Å². The molecule has 3 aromatic rings. The van der Waals surface area contributed by atoms with Crippen molar-refractivity contribution in [1.82, 2.24) is 4.98 Å². The standard InChI is InChI=1S/C19H18N2/c1-15-5-9-17(10-6-15)21(19-4-3-13-20-14-19)18-11-7-16(2)8-12-18/h3-14H,1-2H3. The van der Waals surface area contributed by atoms with Gasteiger partial charge in [-0.15, -0.1) is 0 Å². The second kappa shape index (κ2) is 5.80. The van der Waals surface area contributed by atoms with Crippen LogP contribution in [0.15, 0.2) is 73.1 Å². The van der Waals surface area contributed by atoms with Gasteiger partial charge in [0.15, 0.2) is 0 Å². The second-order valence-electron chi connectivity index (χ2n) is 5.22. The fourth-order valence-corrected chi connectivity index (χ4v) is 2.32. The van der Waals surface area contributed by atoms with Gasteiger partial charge in [0.05, 0.1) is 11.9 Å². The lowest BCUT2D eigenvalue weighted by atomic mass is 10.1. The average molecular weight is 274 g/mol. The van der Waals surface area contributed by atoms with Crippen molar-refractivity contribution >= 4 is 17.1 Å². The molecule has 0 aliphatic carbocycles. The number of aryl methyl sites for hydroxylation is 2. The van der Waals surface area contributed by atoms with Crippen LogP contribution < -0.4 is 4.90 Å². The third-order valence-electron chi connectivity index (χ3n) is 3.49. The van der Waals surface area contributed by atoms with Gasteiger partial charge in [-0.05, 0) is 50.2 Å². The van der Waals surface area contributed by atoms with Gasteiger partial charge in [-0.1, -0.05) is 35.4 Å². The molecule has 104 valence electrons. The normalized spacial score (nSPS) is 10.4. The number of nitrogens with zero attached hydrogens (tertiary/aromatic N) is 2. The molecular formula is C19H18N2. The van der Waals surface area contributed by atoms with Crippen molar-refractivity contribution < 1.29 is 0 Å². The summed E-state index contributed by atoms with van der Waals surface area (Å²) in [5.74, 6) is 0. The Labute approximate surface area is 125 Å². The summed E-state index contributed by atoms with van der Waals surface area (Å²) < 4.78 is 0. The van der Waals surface area contributed by atoms with Crippen LogP contribution in [0.5, 0.6) is 0 Å². The van der Waals surface area contributed by atoms with Crippen LogP contribution in [0.4, 0.5) is 17.1 Å². The van der Waals surface area contributed by atoms with Gasteiger partial charge in [-0.25, -0.2) is 0 Å². The predicted molar refractivity (Wildman–Crippen MR) is 88.4 cm³/mol. The molecule has 0 aliphatic rings. The molecule has 0 aliphatic heterocycles. The van der Waals surface area contributed by atoms with Crippen LogP contribution in [0.1, 0.15) is 11.1 Å². The van der Waals surface area contributed by atoms with E-state index in [1.54, 1.807) is 6.20 Å². The van der Waals surface area contributed by atoms with Gasteiger partial charge in [0.2, 0.25) is 0 Å². The van der Waals surface area contributed by atoms with Crippen molar-refractivity contribution in [1.29, 1.82) is 0 Å². The van der Waals surface area contributed by atoms with Crippen molar-refractivity contribution in [3.05, 3.63) is 84.2 Å². The maximum Gasteiger partial charge on any atom is 0.0644 e. The lowest BCUT2D eigenvalue weighted by Gasteiger charge is -2.25. The minimum Gasteiger partial charge on any atom is -0.309 e. The molecule has 0 spiro atoms. The summed E-state index contributed by atoms with van der Waals surface area (Å²) in [4.78, 5) is 6.46. The van der Waals surface area contributed by atoms with E-state index in [0.717, 1.165) is 17.1 Å². The van der Waals surface area contributed by atoms with E-state index in [9.17, 15) is 0 Å². The van der Waals surface area contributed by atoms with Crippen molar-refractivity contribution in [2.45, 2.75) is 13.8 Å². The smallest absolute Gasteiger partial charge is 0.0644 e. The van der Waals surface area contributed by atoms with Gasteiger partial charge in [0, 0.05) is 17.6 Å². The number of hydrogen-bond acceptors (Lipinski definition) is 2. The Bertz CT molecular complexity index is 655. The van der Waals surface area contributed by atoms with Crippen LogP contribution in [-0.4, -0.2) is 4.98 Å². The van der Waals surface area contributed by atoms with Gasteiger partial charge in [-0.2, -0.15) is 0 Å². The largest absolute Gasteiger partial charge is 0.309 e. The first-order valence-corrected chi connectivity index (χ1v) is 7.07. The summed E-state index contributed by atoms with van der Waals surface area (Å²) in [5.41, 5.74) is 5.85. The first-order chi connectivity index (χ1) is 10.2. The second-order valence-corrected chi connectivity index (χ2v) is 5.22. The molecule has 0 saturated heterocycles. The Balaban J connectivity index is 2.11. The molecule has 2 nitrogen and oxygen atoms in total. The third kappa shape index (κ3) is 2.95. The van der Waals surface area contributed by atoms with Crippen LogP contribution in [0, 0.1) is 13.8 Å². The highest BCUT2D eigenvalue weighted by Crippen LogP contribution is 2.33. The summed E-state index contributed by atoms with van der Waals surface area (Å²) >= 11 is 0. The number of anilines is 3. The highest BCUT2D eigenvalue weighted by Gasteiger charge is 2.11. The zero-order chi connectivity index (χ0) is 14.7. The van der Waals surface area contributed by atoms with Crippen LogP contribution >= 0.6 is 0 Å². The summed E-state index contributed by atoms with van der Waals surface area (Å²) in [5, 5.41) is 0. The Kier molecular flexibility index (Phi) is 3.69.